The lowest BCUT2D eigenvalue weighted by atomic mass is 9.72. The molecular weight excluding hydrogens is 330 g/mol. The molecule has 26 heavy (non-hydrogen) atoms. The lowest BCUT2D eigenvalue weighted by molar-refractivity contribution is 0.0506. The van der Waals surface area contributed by atoms with Gasteiger partial charge in [0.25, 0.3) is 5.91 Å². The van der Waals surface area contributed by atoms with Crippen molar-refractivity contribution < 1.29 is 9.21 Å². The standard InChI is InChI=1S/C19H27N5O2/c1-13(2)17-22-21-15-4-5-19(8-11-24(15)17)6-9-23(10-7-19)18(25)16-14(3)20-12-26-16/h12-13H,4-11H2,1-3H3. The number of piperidine rings is 1. The molecule has 2 aliphatic heterocycles. The van der Waals surface area contributed by atoms with Crippen LogP contribution >= 0.6 is 0 Å². The van der Waals surface area contributed by atoms with Crippen LogP contribution in [-0.2, 0) is 13.0 Å². The van der Waals surface area contributed by atoms with Crippen LogP contribution in [0.15, 0.2) is 10.8 Å². The van der Waals surface area contributed by atoms with Crippen LogP contribution in [0.2, 0.25) is 0 Å². The van der Waals surface area contributed by atoms with Gasteiger partial charge in [0.1, 0.15) is 11.6 Å². The molecule has 0 aromatic carbocycles. The first-order valence-electron chi connectivity index (χ1n) is 9.60. The quantitative estimate of drug-likeness (QED) is 0.826. The number of aromatic nitrogens is 4. The van der Waals surface area contributed by atoms with Crippen LogP contribution in [-0.4, -0.2) is 43.6 Å². The fourth-order valence-electron chi connectivity index (χ4n) is 4.39. The molecule has 2 aliphatic rings. The predicted molar refractivity (Wildman–Crippen MR) is 95.9 cm³/mol. The average Bonchev–Trinajstić information content (AvgIpc) is 3.20. The zero-order chi connectivity index (χ0) is 18.3. The second kappa shape index (κ2) is 6.52. The van der Waals surface area contributed by atoms with Gasteiger partial charge >= 0.3 is 0 Å². The SMILES string of the molecule is Cc1ncoc1C(=O)N1CCC2(CCc3nnc(C(C)C)n3CC2)CC1. The molecule has 4 heterocycles. The molecule has 140 valence electrons. The summed E-state index contributed by atoms with van der Waals surface area (Å²) < 4.78 is 7.61. The van der Waals surface area contributed by atoms with Crippen molar-refractivity contribution in [3.05, 3.63) is 29.5 Å². The van der Waals surface area contributed by atoms with Gasteiger partial charge in [-0.05, 0) is 38.0 Å². The zero-order valence-corrected chi connectivity index (χ0v) is 15.9. The maximum atomic E-state index is 12.6. The summed E-state index contributed by atoms with van der Waals surface area (Å²) in [6, 6.07) is 0. The average molecular weight is 357 g/mol. The highest BCUT2D eigenvalue weighted by Crippen LogP contribution is 2.42. The first-order chi connectivity index (χ1) is 12.5. The third kappa shape index (κ3) is 2.93. The highest BCUT2D eigenvalue weighted by molar-refractivity contribution is 5.92. The number of nitrogens with zero attached hydrogens (tertiary/aromatic N) is 5. The Morgan fingerprint density at radius 2 is 1.88 bits per heavy atom. The van der Waals surface area contributed by atoms with E-state index >= 15 is 0 Å². The summed E-state index contributed by atoms with van der Waals surface area (Å²) in [6.07, 6.45) is 6.69. The van der Waals surface area contributed by atoms with E-state index in [4.69, 9.17) is 4.42 Å². The number of fused-ring (bicyclic) bond motifs is 1. The maximum Gasteiger partial charge on any atom is 0.291 e. The van der Waals surface area contributed by atoms with Crippen LogP contribution in [0.4, 0.5) is 0 Å². The van der Waals surface area contributed by atoms with Gasteiger partial charge in [0, 0.05) is 32.0 Å². The van der Waals surface area contributed by atoms with Gasteiger partial charge in [0.05, 0.1) is 5.69 Å². The first kappa shape index (κ1) is 17.2. The maximum absolute atomic E-state index is 12.6. The minimum atomic E-state index is -0.0253. The summed E-state index contributed by atoms with van der Waals surface area (Å²) in [7, 11) is 0. The van der Waals surface area contributed by atoms with E-state index in [1.165, 1.54) is 6.39 Å². The fourth-order valence-corrected chi connectivity index (χ4v) is 4.39. The van der Waals surface area contributed by atoms with E-state index in [2.05, 4.69) is 33.6 Å². The smallest absolute Gasteiger partial charge is 0.291 e. The molecular formula is C19H27N5O2. The molecule has 0 N–H and O–H groups in total. The van der Waals surface area contributed by atoms with Crippen LogP contribution in [0, 0.1) is 12.3 Å². The first-order valence-corrected chi connectivity index (χ1v) is 9.60. The molecule has 1 spiro atoms. The van der Waals surface area contributed by atoms with E-state index in [9.17, 15) is 4.79 Å². The Morgan fingerprint density at radius 1 is 1.15 bits per heavy atom. The van der Waals surface area contributed by atoms with E-state index in [0.717, 1.165) is 63.4 Å². The molecule has 0 saturated carbocycles. The van der Waals surface area contributed by atoms with Crippen LogP contribution in [0.25, 0.3) is 0 Å². The van der Waals surface area contributed by atoms with Crippen LogP contribution in [0.3, 0.4) is 0 Å². The Labute approximate surface area is 153 Å². The minimum absolute atomic E-state index is 0.0253. The largest absolute Gasteiger partial charge is 0.438 e. The Hall–Kier alpha value is -2.18. The highest BCUT2D eigenvalue weighted by Gasteiger charge is 2.38. The molecule has 0 aliphatic carbocycles. The zero-order valence-electron chi connectivity index (χ0n) is 15.9. The number of carbonyl (C=O) groups excluding carboxylic acids is 1. The van der Waals surface area contributed by atoms with Crippen molar-refractivity contribution in [2.75, 3.05) is 13.1 Å². The Morgan fingerprint density at radius 3 is 2.54 bits per heavy atom. The topological polar surface area (TPSA) is 77.1 Å². The monoisotopic (exact) mass is 357 g/mol. The molecule has 1 fully saturated rings. The molecule has 4 rings (SSSR count). The molecule has 0 bridgehead atoms. The van der Waals surface area contributed by atoms with E-state index in [0.29, 0.717) is 22.8 Å². The summed E-state index contributed by atoms with van der Waals surface area (Å²) in [4.78, 5) is 18.6. The van der Waals surface area contributed by atoms with E-state index in [-0.39, 0.29) is 5.91 Å². The second-order valence-electron chi connectivity index (χ2n) is 8.09. The molecule has 1 amide bonds. The molecule has 2 aromatic rings. The van der Waals surface area contributed by atoms with Crippen LogP contribution < -0.4 is 0 Å². The Bertz CT molecular complexity index is 799. The van der Waals surface area contributed by atoms with Gasteiger partial charge in [-0.2, -0.15) is 0 Å². The van der Waals surface area contributed by atoms with Crippen molar-refractivity contribution in [2.24, 2.45) is 5.41 Å². The summed E-state index contributed by atoms with van der Waals surface area (Å²) in [5.74, 6) is 2.99. The molecule has 2 aromatic heterocycles. The summed E-state index contributed by atoms with van der Waals surface area (Å²) in [5, 5.41) is 8.82. The molecule has 0 radical (unpaired) electrons. The number of oxazole rings is 1. The summed E-state index contributed by atoms with van der Waals surface area (Å²) in [6.45, 7) is 8.73. The molecule has 0 unspecified atom stereocenters. The summed E-state index contributed by atoms with van der Waals surface area (Å²) >= 11 is 0. The van der Waals surface area contributed by atoms with Crippen molar-refractivity contribution in [3.8, 4) is 0 Å². The van der Waals surface area contributed by atoms with Gasteiger partial charge in [-0.3, -0.25) is 4.79 Å². The van der Waals surface area contributed by atoms with E-state index < -0.39 is 0 Å². The number of hydrogen-bond donors (Lipinski definition) is 0. The van der Waals surface area contributed by atoms with Crippen molar-refractivity contribution >= 4 is 5.91 Å². The molecule has 0 atom stereocenters. The molecule has 7 nitrogen and oxygen atoms in total. The van der Waals surface area contributed by atoms with Crippen LogP contribution in [0.1, 0.15) is 73.3 Å². The molecule has 7 heteroatoms. The summed E-state index contributed by atoms with van der Waals surface area (Å²) in [5.41, 5.74) is 0.978. The van der Waals surface area contributed by atoms with Gasteiger partial charge < -0.3 is 13.9 Å². The fraction of sp³-hybridized carbons (Fsp3) is 0.684. The van der Waals surface area contributed by atoms with Crippen molar-refractivity contribution in [1.82, 2.24) is 24.6 Å². The Balaban J connectivity index is 1.43. The second-order valence-corrected chi connectivity index (χ2v) is 8.09. The highest BCUT2D eigenvalue weighted by atomic mass is 16.3. The van der Waals surface area contributed by atoms with Crippen molar-refractivity contribution in [1.29, 1.82) is 0 Å². The predicted octanol–water partition coefficient (Wildman–Crippen LogP) is 2.96. The van der Waals surface area contributed by atoms with E-state index in [1.54, 1.807) is 0 Å². The van der Waals surface area contributed by atoms with Gasteiger partial charge in [-0.25, -0.2) is 4.98 Å². The van der Waals surface area contributed by atoms with Crippen molar-refractivity contribution in [3.63, 3.8) is 0 Å². The lowest BCUT2D eigenvalue weighted by Crippen LogP contribution is -2.43. The number of hydrogen-bond acceptors (Lipinski definition) is 5. The Kier molecular flexibility index (Phi) is 4.32. The van der Waals surface area contributed by atoms with Crippen LogP contribution in [0.5, 0.6) is 0 Å². The molecule has 1 saturated heterocycles. The number of aryl methyl sites for hydroxylation is 2. The third-order valence-corrected chi connectivity index (χ3v) is 6.17. The number of amides is 1. The van der Waals surface area contributed by atoms with E-state index in [1.807, 2.05) is 11.8 Å². The minimum Gasteiger partial charge on any atom is -0.438 e. The normalized spacial score (nSPS) is 19.6. The van der Waals surface area contributed by atoms with Gasteiger partial charge in [0.2, 0.25) is 5.76 Å². The van der Waals surface area contributed by atoms with Gasteiger partial charge in [-0.1, -0.05) is 13.8 Å². The third-order valence-electron chi connectivity index (χ3n) is 6.17. The van der Waals surface area contributed by atoms with Gasteiger partial charge in [0.15, 0.2) is 6.39 Å². The number of carbonyl (C=O) groups is 1. The number of rotatable bonds is 2. The lowest BCUT2D eigenvalue weighted by Gasteiger charge is -2.41. The number of likely N-dealkylation sites (tertiary alicyclic amines) is 1. The van der Waals surface area contributed by atoms with Gasteiger partial charge in [-0.15, -0.1) is 10.2 Å². The van der Waals surface area contributed by atoms with Crippen molar-refractivity contribution in [2.45, 2.75) is 65.3 Å².